The lowest BCUT2D eigenvalue weighted by atomic mass is 9.95. The lowest BCUT2D eigenvalue weighted by Gasteiger charge is -2.36. The first kappa shape index (κ1) is 22.2. The zero-order valence-corrected chi connectivity index (χ0v) is 20.2. The van der Waals surface area contributed by atoms with Crippen LogP contribution in [0.4, 0.5) is 5.00 Å². The summed E-state index contributed by atoms with van der Waals surface area (Å²) in [6.07, 6.45) is 6.26. The number of rotatable bonds is 5. The van der Waals surface area contributed by atoms with Gasteiger partial charge in [0.2, 0.25) is 0 Å². The molecule has 4 rings (SSSR count). The third kappa shape index (κ3) is 4.63. The van der Waals surface area contributed by atoms with Crippen molar-refractivity contribution < 1.29 is 9.53 Å². The molecule has 0 bridgehead atoms. The maximum Gasteiger partial charge on any atom is 0.341 e. The zero-order chi connectivity index (χ0) is 22.0. The number of anilines is 1. The number of fused-ring (bicyclic) bond motifs is 1. The number of piperazine rings is 1. The fourth-order valence-electron chi connectivity index (χ4n) is 4.46. The molecule has 1 fully saturated rings. The van der Waals surface area contributed by atoms with Crippen LogP contribution in [0.15, 0.2) is 6.20 Å². The molecule has 0 saturated carbocycles. The summed E-state index contributed by atoms with van der Waals surface area (Å²) in [6, 6.07) is 0. The van der Waals surface area contributed by atoms with Crippen LogP contribution in [-0.4, -0.2) is 64.0 Å². The predicted octanol–water partition coefficient (Wildman–Crippen LogP) is 3.45. The molecule has 9 heteroatoms. The van der Waals surface area contributed by atoms with Crippen LogP contribution < -0.4 is 5.32 Å². The Labute approximate surface area is 193 Å². The van der Waals surface area contributed by atoms with Gasteiger partial charge in [-0.3, -0.25) is 9.58 Å². The highest BCUT2D eigenvalue weighted by atomic mass is 32.1. The molecule has 1 aliphatic heterocycles. The predicted molar refractivity (Wildman–Crippen MR) is 128 cm³/mol. The van der Waals surface area contributed by atoms with Crippen molar-refractivity contribution in [3.63, 3.8) is 0 Å². The van der Waals surface area contributed by atoms with E-state index in [2.05, 4.69) is 34.1 Å². The van der Waals surface area contributed by atoms with Crippen molar-refractivity contribution in [3.05, 3.63) is 33.5 Å². The molecule has 1 aliphatic carbocycles. The van der Waals surface area contributed by atoms with Crippen molar-refractivity contribution in [1.82, 2.24) is 19.6 Å². The van der Waals surface area contributed by atoms with Crippen molar-refractivity contribution >= 4 is 39.6 Å². The molecule has 0 atom stereocenters. The summed E-state index contributed by atoms with van der Waals surface area (Å²) in [5, 5.41) is 9.37. The van der Waals surface area contributed by atoms with Crippen molar-refractivity contribution in [3.8, 4) is 0 Å². The Morgan fingerprint density at radius 2 is 2.00 bits per heavy atom. The molecule has 1 N–H and O–H groups in total. The van der Waals surface area contributed by atoms with Gasteiger partial charge in [-0.2, -0.15) is 5.10 Å². The molecule has 7 nitrogen and oxygen atoms in total. The Kier molecular flexibility index (Phi) is 6.93. The molecule has 0 aromatic carbocycles. The van der Waals surface area contributed by atoms with Crippen LogP contribution in [0.2, 0.25) is 0 Å². The van der Waals surface area contributed by atoms with E-state index in [1.165, 1.54) is 29.7 Å². The number of ether oxygens (including phenoxy) is 1. The van der Waals surface area contributed by atoms with Gasteiger partial charge in [0.1, 0.15) is 5.00 Å². The smallest absolute Gasteiger partial charge is 0.341 e. The van der Waals surface area contributed by atoms with Crippen LogP contribution in [0.5, 0.6) is 0 Å². The molecule has 2 aromatic heterocycles. The molecule has 31 heavy (non-hydrogen) atoms. The highest BCUT2D eigenvalue weighted by Crippen LogP contribution is 2.38. The van der Waals surface area contributed by atoms with Crippen molar-refractivity contribution in [2.45, 2.75) is 52.6 Å². The molecule has 0 spiro atoms. The van der Waals surface area contributed by atoms with Crippen LogP contribution in [0.3, 0.4) is 0 Å². The molecule has 0 unspecified atom stereocenters. The van der Waals surface area contributed by atoms with Crippen molar-refractivity contribution in [2.24, 2.45) is 0 Å². The van der Waals surface area contributed by atoms with Gasteiger partial charge in [0.15, 0.2) is 5.11 Å². The van der Waals surface area contributed by atoms with Crippen LogP contribution >= 0.6 is 23.6 Å². The minimum Gasteiger partial charge on any atom is -0.465 e. The van der Waals surface area contributed by atoms with Gasteiger partial charge < -0.3 is 15.0 Å². The van der Waals surface area contributed by atoms with Gasteiger partial charge in [0.25, 0.3) is 0 Å². The van der Waals surface area contributed by atoms with Crippen molar-refractivity contribution in [1.29, 1.82) is 0 Å². The van der Waals surface area contributed by atoms with Crippen LogP contribution in [0.1, 0.15) is 51.8 Å². The van der Waals surface area contributed by atoms with E-state index in [-0.39, 0.29) is 5.97 Å². The molecule has 2 aliphatic rings. The van der Waals surface area contributed by atoms with E-state index in [1.54, 1.807) is 11.3 Å². The van der Waals surface area contributed by atoms with Crippen LogP contribution in [-0.2, 0) is 30.7 Å². The molecule has 0 radical (unpaired) electrons. The number of nitrogens with zero attached hydrogens (tertiary/aromatic N) is 4. The minimum atomic E-state index is -0.266. The van der Waals surface area contributed by atoms with Gasteiger partial charge in [-0.05, 0) is 57.3 Å². The van der Waals surface area contributed by atoms with E-state index >= 15 is 0 Å². The fourth-order valence-corrected chi connectivity index (χ4v) is 6.08. The third-order valence-corrected chi connectivity index (χ3v) is 7.91. The molecule has 3 heterocycles. The number of esters is 1. The Hall–Kier alpha value is -1.97. The first-order valence-electron chi connectivity index (χ1n) is 11.0. The average Bonchev–Trinajstić information content (AvgIpc) is 3.33. The summed E-state index contributed by atoms with van der Waals surface area (Å²) in [7, 11) is 1.45. The summed E-state index contributed by atoms with van der Waals surface area (Å²) in [5.41, 5.74) is 4.38. The number of methoxy groups -OCH3 is 1. The van der Waals surface area contributed by atoms with E-state index in [1.807, 2.05) is 10.9 Å². The Balaban J connectivity index is 1.38. The second kappa shape index (κ2) is 9.67. The number of thiocarbonyl (C=S) groups is 1. The zero-order valence-electron chi connectivity index (χ0n) is 18.6. The van der Waals surface area contributed by atoms with Gasteiger partial charge >= 0.3 is 5.97 Å². The number of aryl methyl sites for hydroxylation is 2. The molecule has 2 aromatic rings. The summed E-state index contributed by atoms with van der Waals surface area (Å²) in [4.78, 5) is 18.4. The van der Waals surface area contributed by atoms with E-state index in [4.69, 9.17) is 17.0 Å². The van der Waals surface area contributed by atoms with E-state index < -0.39 is 0 Å². The maximum absolute atomic E-state index is 12.5. The lowest BCUT2D eigenvalue weighted by molar-refractivity contribution is 0.0601. The number of hydrogen-bond acceptors (Lipinski definition) is 6. The molecule has 1 saturated heterocycles. The third-order valence-electron chi connectivity index (χ3n) is 6.34. The number of hydrogen-bond donors (Lipinski definition) is 1. The quantitative estimate of drug-likeness (QED) is 0.540. The standard InChI is InChI=1S/C22H31N5O2S2/c1-4-27-15(2)16(13-23-27)14-25-9-11-26(12-10-25)22(30)24-20-19(21(28)29-3)17-7-5-6-8-18(17)31-20/h13H,4-12,14H2,1-3H3,(H,24,30). The van der Waals surface area contributed by atoms with Gasteiger partial charge in [0.05, 0.1) is 18.9 Å². The first-order valence-corrected chi connectivity index (χ1v) is 12.3. The molecule has 168 valence electrons. The van der Waals surface area contributed by atoms with Gasteiger partial charge in [-0.1, -0.05) is 0 Å². The minimum absolute atomic E-state index is 0.266. The number of aromatic nitrogens is 2. The monoisotopic (exact) mass is 461 g/mol. The van der Waals surface area contributed by atoms with Crippen LogP contribution in [0.25, 0.3) is 0 Å². The Morgan fingerprint density at radius 3 is 2.68 bits per heavy atom. The number of nitrogens with one attached hydrogen (secondary N) is 1. The van der Waals surface area contributed by atoms with E-state index in [0.717, 1.165) is 69.1 Å². The summed E-state index contributed by atoms with van der Waals surface area (Å²) >= 11 is 7.39. The second-order valence-corrected chi connectivity index (χ2v) is 9.66. The molecular formula is C22H31N5O2S2. The SMILES string of the molecule is CCn1ncc(CN2CCN(C(=S)Nc3sc4c(c3C(=O)OC)CCCC4)CC2)c1C. The summed E-state index contributed by atoms with van der Waals surface area (Å²) in [5.74, 6) is -0.266. The average molecular weight is 462 g/mol. The van der Waals surface area contributed by atoms with Crippen molar-refractivity contribution in [2.75, 3.05) is 38.6 Å². The maximum atomic E-state index is 12.5. The van der Waals surface area contributed by atoms with E-state index in [0.29, 0.717) is 10.7 Å². The molecular weight excluding hydrogens is 430 g/mol. The lowest BCUT2D eigenvalue weighted by Crippen LogP contribution is -2.49. The van der Waals surface area contributed by atoms with Gasteiger partial charge in [-0.25, -0.2) is 4.79 Å². The Morgan fingerprint density at radius 1 is 1.26 bits per heavy atom. The molecule has 0 amide bonds. The second-order valence-electron chi connectivity index (χ2n) is 8.17. The van der Waals surface area contributed by atoms with E-state index in [9.17, 15) is 4.79 Å². The van der Waals surface area contributed by atoms with Gasteiger partial charge in [0, 0.05) is 55.4 Å². The highest BCUT2D eigenvalue weighted by molar-refractivity contribution is 7.80. The summed E-state index contributed by atoms with van der Waals surface area (Å²) in [6.45, 7) is 9.71. The topological polar surface area (TPSA) is 62.6 Å². The number of carbonyl (C=O) groups is 1. The Bertz CT molecular complexity index is 960. The normalized spacial score (nSPS) is 16.8. The van der Waals surface area contributed by atoms with Gasteiger partial charge in [-0.15, -0.1) is 11.3 Å². The largest absolute Gasteiger partial charge is 0.465 e. The first-order chi connectivity index (χ1) is 15.0. The number of carbonyl (C=O) groups excluding carboxylic acids is 1. The summed E-state index contributed by atoms with van der Waals surface area (Å²) < 4.78 is 7.12. The number of thiophene rings is 1. The fraction of sp³-hybridized carbons (Fsp3) is 0.591. The highest BCUT2D eigenvalue weighted by Gasteiger charge is 2.28. The van der Waals surface area contributed by atoms with Crippen LogP contribution in [0, 0.1) is 6.92 Å².